The molecule has 8 heteroatoms. The molecule has 2 N–H and O–H groups in total. The summed E-state index contributed by atoms with van der Waals surface area (Å²) < 4.78 is 24.6. The van der Waals surface area contributed by atoms with Gasteiger partial charge < -0.3 is 0 Å². The van der Waals surface area contributed by atoms with Crippen molar-refractivity contribution in [2.75, 3.05) is 5.43 Å². The van der Waals surface area contributed by atoms with Crippen LogP contribution < -0.4 is 10.3 Å². The molecule has 0 fully saturated rings. The maximum absolute atomic E-state index is 12.3. The SMILES string of the molecule is Cc1ccc(S(=O)(=O)NNc2ncnc3cccc(Cl)c23)cc1. The van der Waals surface area contributed by atoms with Gasteiger partial charge in [0.2, 0.25) is 0 Å². The molecule has 0 radical (unpaired) electrons. The van der Waals surface area contributed by atoms with Gasteiger partial charge in [0.15, 0.2) is 5.82 Å². The minimum absolute atomic E-state index is 0.153. The van der Waals surface area contributed by atoms with E-state index in [-0.39, 0.29) is 10.7 Å². The van der Waals surface area contributed by atoms with E-state index in [1.807, 2.05) is 6.92 Å². The second kappa shape index (κ2) is 6.11. The number of nitrogens with one attached hydrogen (secondary N) is 2. The molecule has 118 valence electrons. The number of benzene rings is 2. The highest BCUT2D eigenvalue weighted by atomic mass is 35.5. The van der Waals surface area contributed by atoms with Crippen LogP contribution in [0.3, 0.4) is 0 Å². The molecular weight excluding hydrogens is 336 g/mol. The van der Waals surface area contributed by atoms with Crippen LogP contribution in [-0.4, -0.2) is 18.4 Å². The van der Waals surface area contributed by atoms with Crippen LogP contribution in [0.4, 0.5) is 5.82 Å². The molecule has 1 heterocycles. The Kier molecular flexibility index (Phi) is 4.16. The highest BCUT2D eigenvalue weighted by molar-refractivity contribution is 7.89. The Morgan fingerprint density at radius 3 is 2.52 bits per heavy atom. The van der Waals surface area contributed by atoms with Crippen molar-refractivity contribution in [3.05, 3.63) is 59.4 Å². The molecule has 0 saturated heterocycles. The van der Waals surface area contributed by atoms with Gasteiger partial charge in [-0.2, -0.15) is 0 Å². The van der Waals surface area contributed by atoms with Crippen molar-refractivity contribution in [3.8, 4) is 0 Å². The topological polar surface area (TPSA) is 84.0 Å². The van der Waals surface area contributed by atoms with Crippen LogP contribution >= 0.6 is 11.6 Å². The summed E-state index contributed by atoms with van der Waals surface area (Å²) >= 11 is 6.15. The second-order valence-corrected chi connectivity index (χ2v) is 6.99. The molecule has 0 amide bonds. The fourth-order valence-electron chi connectivity index (χ4n) is 2.05. The third-order valence-electron chi connectivity index (χ3n) is 3.25. The molecule has 23 heavy (non-hydrogen) atoms. The molecule has 6 nitrogen and oxygen atoms in total. The zero-order chi connectivity index (χ0) is 16.4. The number of hydrogen-bond donors (Lipinski definition) is 2. The van der Waals surface area contributed by atoms with Gasteiger partial charge in [-0.3, -0.25) is 5.43 Å². The summed E-state index contributed by atoms with van der Waals surface area (Å²) in [6.45, 7) is 1.89. The van der Waals surface area contributed by atoms with Crippen molar-refractivity contribution in [3.63, 3.8) is 0 Å². The van der Waals surface area contributed by atoms with E-state index in [2.05, 4.69) is 20.2 Å². The fourth-order valence-corrected chi connectivity index (χ4v) is 3.16. The number of halogens is 1. The molecular formula is C15H13ClN4O2S. The van der Waals surface area contributed by atoms with Gasteiger partial charge in [-0.25, -0.2) is 18.4 Å². The van der Waals surface area contributed by atoms with E-state index in [4.69, 9.17) is 11.6 Å². The third-order valence-corrected chi connectivity index (χ3v) is 4.83. The molecule has 3 rings (SSSR count). The highest BCUT2D eigenvalue weighted by Gasteiger charge is 2.15. The molecule has 3 aromatic rings. The van der Waals surface area contributed by atoms with E-state index < -0.39 is 10.0 Å². The number of sulfonamides is 1. The summed E-state index contributed by atoms with van der Waals surface area (Å²) in [4.78, 5) is 10.6. The van der Waals surface area contributed by atoms with E-state index in [0.717, 1.165) is 5.56 Å². The summed E-state index contributed by atoms with van der Waals surface area (Å²) in [6.07, 6.45) is 1.33. The number of aromatic nitrogens is 2. The van der Waals surface area contributed by atoms with E-state index in [9.17, 15) is 8.42 Å². The Labute approximate surface area is 138 Å². The minimum atomic E-state index is -3.72. The van der Waals surface area contributed by atoms with Crippen molar-refractivity contribution in [2.24, 2.45) is 0 Å². The molecule has 0 atom stereocenters. The van der Waals surface area contributed by atoms with E-state index >= 15 is 0 Å². The first kappa shape index (κ1) is 15.7. The first-order valence-corrected chi connectivity index (χ1v) is 8.57. The third kappa shape index (κ3) is 3.26. The average Bonchev–Trinajstić information content (AvgIpc) is 2.53. The standard InChI is InChI=1S/C15H13ClN4O2S/c1-10-5-7-11(8-6-10)23(21,22)20-19-15-14-12(16)3-2-4-13(14)17-9-18-15/h2-9,20H,1H3,(H,17,18,19). The highest BCUT2D eigenvalue weighted by Crippen LogP contribution is 2.26. The zero-order valence-electron chi connectivity index (χ0n) is 12.1. The van der Waals surface area contributed by atoms with Gasteiger partial charge in [-0.15, -0.1) is 4.83 Å². The van der Waals surface area contributed by atoms with Crippen molar-refractivity contribution in [2.45, 2.75) is 11.8 Å². The van der Waals surface area contributed by atoms with Crippen LogP contribution in [0.25, 0.3) is 10.9 Å². The molecule has 0 aliphatic heterocycles. The smallest absolute Gasteiger partial charge is 0.257 e. The van der Waals surface area contributed by atoms with Crippen molar-refractivity contribution in [1.29, 1.82) is 0 Å². The molecule has 0 spiro atoms. The lowest BCUT2D eigenvalue weighted by molar-refractivity contribution is 0.587. The largest absolute Gasteiger partial charge is 0.291 e. The van der Waals surface area contributed by atoms with Gasteiger partial charge in [0.05, 0.1) is 20.8 Å². The Morgan fingerprint density at radius 1 is 1.04 bits per heavy atom. The Balaban J connectivity index is 1.90. The summed E-state index contributed by atoms with van der Waals surface area (Å²) in [5, 5.41) is 0.975. The summed E-state index contributed by atoms with van der Waals surface area (Å²) in [6, 6.07) is 11.7. The minimum Gasteiger partial charge on any atom is -0.291 e. The van der Waals surface area contributed by atoms with Gasteiger partial charge >= 0.3 is 0 Å². The van der Waals surface area contributed by atoms with Gasteiger partial charge in [0.25, 0.3) is 10.0 Å². The van der Waals surface area contributed by atoms with E-state index in [1.165, 1.54) is 18.5 Å². The van der Waals surface area contributed by atoms with Crippen LogP contribution in [0.15, 0.2) is 53.7 Å². The van der Waals surface area contributed by atoms with E-state index in [1.54, 1.807) is 30.3 Å². The van der Waals surface area contributed by atoms with Gasteiger partial charge in [-0.05, 0) is 31.2 Å². The molecule has 1 aromatic heterocycles. The summed E-state index contributed by atoms with van der Waals surface area (Å²) in [5.41, 5.74) is 4.20. The normalized spacial score (nSPS) is 11.6. The Hall–Kier alpha value is -2.22. The lowest BCUT2D eigenvalue weighted by Gasteiger charge is -2.11. The first-order valence-electron chi connectivity index (χ1n) is 6.71. The maximum atomic E-state index is 12.3. The lowest BCUT2D eigenvalue weighted by Crippen LogP contribution is -2.30. The number of aryl methyl sites for hydroxylation is 1. The second-order valence-electron chi connectivity index (χ2n) is 4.90. The number of anilines is 1. The van der Waals surface area contributed by atoms with Crippen LogP contribution in [-0.2, 0) is 10.0 Å². The zero-order valence-corrected chi connectivity index (χ0v) is 13.7. The van der Waals surface area contributed by atoms with Gasteiger partial charge in [0.1, 0.15) is 6.33 Å². The van der Waals surface area contributed by atoms with Gasteiger partial charge in [-0.1, -0.05) is 35.4 Å². The first-order chi connectivity index (χ1) is 11.0. The number of rotatable bonds is 4. The Bertz CT molecular complexity index is 954. The monoisotopic (exact) mass is 348 g/mol. The molecule has 0 unspecified atom stereocenters. The molecule has 0 aliphatic rings. The quantitative estimate of drug-likeness (QED) is 0.708. The summed E-state index contributed by atoms with van der Waals surface area (Å²) in [5.74, 6) is 0.288. The fraction of sp³-hybridized carbons (Fsp3) is 0.0667. The number of hydrogen-bond acceptors (Lipinski definition) is 5. The number of hydrazine groups is 1. The van der Waals surface area contributed by atoms with Gasteiger partial charge in [0, 0.05) is 0 Å². The maximum Gasteiger partial charge on any atom is 0.257 e. The van der Waals surface area contributed by atoms with Crippen LogP contribution in [0.2, 0.25) is 5.02 Å². The van der Waals surface area contributed by atoms with Crippen molar-refractivity contribution >= 4 is 38.3 Å². The van der Waals surface area contributed by atoms with Crippen LogP contribution in [0, 0.1) is 6.92 Å². The summed E-state index contributed by atoms with van der Waals surface area (Å²) in [7, 11) is -3.72. The van der Waals surface area contributed by atoms with Crippen LogP contribution in [0.5, 0.6) is 0 Å². The predicted molar refractivity (Wildman–Crippen MR) is 89.7 cm³/mol. The van der Waals surface area contributed by atoms with E-state index in [0.29, 0.717) is 15.9 Å². The van der Waals surface area contributed by atoms with Crippen molar-refractivity contribution < 1.29 is 8.42 Å². The lowest BCUT2D eigenvalue weighted by atomic mass is 10.2. The molecule has 2 aromatic carbocycles. The van der Waals surface area contributed by atoms with Crippen molar-refractivity contribution in [1.82, 2.24) is 14.8 Å². The predicted octanol–water partition coefficient (Wildman–Crippen LogP) is 2.90. The molecule has 0 aliphatic carbocycles. The average molecular weight is 349 g/mol. The number of nitrogens with zero attached hydrogens (tertiary/aromatic N) is 2. The molecule has 0 saturated carbocycles. The molecule has 0 bridgehead atoms. The number of fused-ring (bicyclic) bond motifs is 1. The Morgan fingerprint density at radius 2 is 1.78 bits per heavy atom. The van der Waals surface area contributed by atoms with Crippen LogP contribution in [0.1, 0.15) is 5.56 Å².